The van der Waals surface area contributed by atoms with Gasteiger partial charge in [0.05, 0.1) is 26.0 Å². The Hall–Kier alpha value is -4.04. The number of methoxy groups -OCH3 is 2. The van der Waals surface area contributed by atoms with Gasteiger partial charge in [-0.15, -0.1) is 0 Å². The Morgan fingerprint density at radius 1 is 0.912 bits per heavy atom. The first-order valence-electron chi connectivity index (χ1n) is 10.2. The van der Waals surface area contributed by atoms with Gasteiger partial charge in [-0.25, -0.2) is 10.2 Å². The fourth-order valence-corrected chi connectivity index (χ4v) is 2.91. The predicted molar refractivity (Wildman–Crippen MR) is 128 cm³/mol. The molecule has 1 N–H and O–H groups in total. The predicted octanol–water partition coefficient (Wildman–Crippen LogP) is 4.49. The van der Waals surface area contributed by atoms with Crippen molar-refractivity contribution in [3.05, 3.63) is 82.9 Å². The summed E-state index contributed by atoms with van der Waals surface area (Å²) in [6.45, 7) is 1.61. The van der Waals surface area contributed by atoms with E-state index in [2.05, 4.69) is 10.5 Å². The summed E-state index contributed by atoms with van der Waals surface area (Å²) in [4.78, 5) is 24.6. The van der Waals surface area contributed by atoms with E-state index in [1.54, 1.807) is 73.7 Å². The van der Waals surface area contributed by atoms with E-state index in [0.717, 1.165) is 0 Å². The zero-order valence-electron chi connectivity index (χ0n) is 18.8. The SMILES string of the molecule is COc1ccc(C(=O)Oc2ccc(C=NNC(=O)C(C)Oc3ccc(Cl)cc3)cc2)cc1OC. The fraction of sp³-hybridized carbons (Fsp3) is 0.160. The molecule has 0 heterocycles. The summed E-state index contributed by atoms with van der Waals surface area (Å²) >= 11 is 5.83. The zero-order chi connectivity index (χ0) is 24.5. The number of ether oxygens (including phenoxy) is 4. The van der Waals surface area contributed by atoms with Crippen LogP contribution < -0.4 is 24.4 Å². The van der Waals surface area contributed by atoms with E-state index < -0.39 is 18.0 Å². The number of rotatable bonds is 9. The first-order chi connectivity index (χ1) is 16.4. The highest BCUT2D eigenvalue weighted by Crippen LogP contribution is 2.28. The van der Waals surface area contributed by atoms with Gasteiger partial charge in [0.15, 0.2) is 17.6 Å². The molecule has 0 aliphatic heterocycles. The first-order valence-corrected chi connectivity index (χ1v) is 10.6. The molecule has 0 radical (unpaired) electrons. The lowest BCUT2D eigenvalue weighted by Crippen LogP contribution is -2.33. The summed E-state index contributed by atoms with van der Waals surface area (Å²) in [5.41, 5.74) is 3.44. The lowest BCUT2D eigenvalue weighted by molar-refractivity contribution is -0.127. The normalized spacial score (nSPS) is 11.5. The molecule has 0 spiro atoms. The third-order valence-corrected chi connectivity index (χ3v) is 4.85. The van der Waals surface area contributed by atoms with Crippen molar-refractivity contribution in [1.29, 1.82) is 0 Å². The highest BCUT2D eigenvalue weighted by Gasteiger charge is 2.14. The molecule has 0 aliphatic carbocycles. The van der Waals surface area contributed by atoms with Crippen LogP contribution >= 0.6 is 11.6 Å². The van der Waals surface area contributed by atoms with E-state index in [-0.39, 0.29) is 0 Å². The smallest absolute Gasteiger partial charge is 0.343 e. The Kier molecular flexibility index (Phi) is 8.48. The quantitative estimate of drug-likeness (QED) is 0.209. The van der Waals surface area contributed by atoms with Gasteiger partial charge in [0, 0.05) is 5.02 Å². The molecular formula is C25H23ClN2O6. The van der Waals surface area contributed by atoms with Crippen LogP contribution in [0.25, 0.3) is 0 Å². The number of halogens is 1. The van der Waals surface area contributed by atoms with Crippen molar-refractivity contribution in [2.45, 2.75) is 13.0 Å². The maximum atomic E-state index is 12.4. The molecular weight excluding hydrogens is 460 g/mol. The number of benzene rings is 3. The molecule has 3 aromatic rings. The van der Waals surface area contributed by atoms with Gasteiger partial charge in [-0.05, 0) is 79.2 Å². The molecule has 0 aromatic heterocycles. The molecule has 3 rings (SSSR count). The molecule has 0 aliphatic rings. The largest absolute Gasteiger partial charge is 0.493 e. The lowest BCUT2D eigenvalue weighted by atomic mass is 10.2. The lowest BCUT2D eigenvalue weighted by Gasteiger charge is -2.12. The van der Waals surface area contributed by atoms with Gasteiger partial charge in [-0.3, -0.25) is 4.79 Å². The molecule has 0 fully saturated rings. The van der Waals surface area contributed by atoms with E-state index in [1.807, 2.05) is 0 Å². The van der Waals surface area contributed by atoms with Crippen molar-refractivity contribution in [1.82, 2.24) is 5.43 Å². The number of hydrogen-bond donors (Lipinski definition) is 1. The third kappa shape index (κ3) is 6.73. The van der Waals surface area contributed by atoms with Crippen molar-refractivity contribution in [3.63, 3.8) is 0 Å². The summed E-state index contributed by atoms with van der Waals surface area (Å²) in [7, 11) is 3.00. The van der Waals surface area contributed by atoms with Crippen LogP contribution in [0.1, 0.15) is 22.8 Å². The number of nitrogens with zero attached hydrogens (tertiary/aromatic N) is 1. The van der Waals surface area contributed by atoms with Crippen molar-refractivity contribution < 1.29 is 28.5 Å². The Balaban J connectivity index is 1.52. The number of amides is 1. The Morgan fingerprint density at radius 3 is 2.21 bits per heavy atom. The number of hydrogen-bond acceptors (Lipinski definition) is 7. The molecule has 9 heteroatoms. The number of hydrazone groups is 1. The zero-order valence-corrected chi connectivity index (χ0v) is 19.5. The van der Waals surface area contributed by atoms with E-state index in [0.29, 0.717) is 39.1 Å². The highest BCUT2D eigenvalue weighted by molar-refractivity contribution is 6.30. The number of nitrogens with one attached hydrogen (secondary N) is 1. The van der Waals surface area contributed by atoms with Crippen LogP contribution in [-0.4, -0.2) is 38.4 Å². The number of esters is 1. The van der Waals surface area contributed by atoms with Gasteiger partial charge in [-0.1, -0.05) is 11.6 Å². The molecule has 34 heavy (non-hydrogen) atoms. The molecule has 176 valence electrons. The summed E-state index contributed by atoms with van der Waals surface area (Å²) in [6.07, 6.45) is 0.712. The van der Waals surface area contributed by atoms with Crippen LogP contribution in [0.2, 0.25) is 5.02 Å². The molecule has 1 unspecified atom stereocenters. The molecule has 0 saturated heterocycles. The van der Waals surface area contributed by atoms with E-state index in [9.17, 15) is 9.59 Å². The van der Waals surface area contributed by atoms with Gasteiger partial charge in [-0.2, -0.15) is 5.10 Å². The first kappa shape index (κ1) is 24.6. The minimum Gasteiger partial charge on any atom is -0.493 e. The monoisotopic (exact) mass is 482 g/mol. The second-order valence-electron chi connectivity index (χ2n) is 6.98. The van der Waals surface area contributed by atoms with Crippen LogP contribution in [0.3, 0.4) is 0 Å². The molecule has 1 atom stereocenters. The van der Waals surface area contributed by atoms with Gasteiger partial charge in [0.1, 0.15) is 11.5 Å². The van der Waals surface area contributed by atoms with Crippen LogP contribution in [0.5, 0.6) is 23.0 Å². The minimum absolute atomic E-state index is 0.320. The molecule has 3 aromatic carbocycles. The van der Waals surface area contributed by atoms with Crippen molar-refractivity contribution in [2.75, 3.05) is 14.2 Å². The summed E-state index contributed by atoms with van der Waals surface area (Å²) in [6, 6.07) is 18.1. The fourth-order valence-electron chi connectivity index (χ4n) is 2.78. The summed E-state index contributed by atoms with van der Waals surface area (Å²) in [5, 5.41) is 4.51. The van der Waals surface area contributed by atoms with Crippen LogP contribution in [-0.2, 0) is 4.79 Å². The summed E-state index contributed by atoms with van der Waals surface area (Å²) in [5.74, 6) is 0.871. The van der Waals surface area contributed by atoms with Crippen molar-refractivity contribution >= 4 is 29.7 Å². The average molecular weight is 483 g/mol. The molecule has 0 bridgehead atoms. The molecule has 8 nitrogen and oxygen atoms in total. The van der Waals surface area contributed by atoms with Gasteiger partial charge in [0.25, 0.3) is 5.91 Å². The number of carbonyl (C=O) groups excluding carboxylic acids is 2. The molecule has 1 amide bonds. The maximum absolute atomic E-state index is 12.4. The second kappa shape index (κ2) is 11.7. The third-order valence-electron chi connectivity index (χ3n) is 4.59. The highest BCUT2D eigenvalue weighted by atomic mass is 35.5. The average Bonchev–Trinajstić information content (AvgIpc) is 2.85. The standard InChI is InChI=1S/C25H23ClN2O6/c1-16(33-20-11-7-19(26)8-12-20)24(29)28-27-15-17-4-9-21(10-5-17)34-25(30)18-6-13-22(31-2)23(14-18)32-3/h4-16H,1-3H3,(H,28,29). The number of carbonyl (C=O) groups is 2. The Labute approximate surface area is 202 Å². The van der Waals surface area contributed by atoms with Crippen LogP contribution in [0.4, 0.5) is 0 Å². The molecule has 0 saturated carbocycles. The van der Waals surface area contributed by atoms with Gasteiger partial charge in [0.2, 0.25) is 0 Å². The van der Waals surface area contributed by atoms with Gasteiger partial charge >= 0.3 is 5.97 Å². The summed E-state index contributed by atoms with van der Waals surface area (Å²) < 4.78 is 21.3. The van der Waals surface area contributed by atoms with E-state index in [1.165, 1.54) is 20.4 Å². The van der Waals surface area contributed by atoms with Gasteiger partial charge < -0.3 is 18.9 Å². The minimum atomic E-state index is -0.753. The van der Waals surface area contributed by atoms with E-state index >= 15 is 0 Å². The topological polar surface area (TPSA) is 95.5 Å². The van der Waals surface area contributed by atoms with Crippen LogP contribution in [0, 0.1) is 0 Å². The van der Waals surface area contributed by atoms with Crippen LogP contribution in [0.15, 0.2) is 71.8 Å². The van der Waals surface area contributed by atoms with Crippen molar-refractivity contribution in [2.24, 2.45) is 5.10 Å². The Bertz CT molecular complexity index is 1160. The van der Waals surface area contributed by atoms with E-state index in [4.69, 9.17) is 30.5 Å². The second-order valence-corrected chi connectivity index (χ2v) is 7.41. The Morgan fingerprint density at radius 2 is 1.56 bits per heavy atom. The van der Waals surface area contributed by atoms with Crippen molar-refractivity contribution in [3.8, 4) is 23.0 Å². The maximum Gasteiger partial charge on any atom is 0.343 e.